The minimum atomic E-state index is -0.165. The van der Waals surface area contributed by atoms with Crippen LogP contribution in [-0.4, -0.2) is 26.4 Å². The highest BCUT2D eigenvalue weighted by molar-refractivity contribution is 5.92. The van der Waals surface area contributed by atoms with Gasteiger partial charge >= 0.3 is 0 Å². The maximum Gasteiger partial charge on any atom is 0.271 e. The molecule has 132 valence electrons. The molecule has 1 amide bonds. The fourth-order valence-corrected chi connectivity index (χ4v) is 4.36. The smallest absolute Gasteiger partial charge is 0.271 e. The Hall–Kier alpha value is -2.74. The van der Waals surface area contributed by atoms with Gasteiger partial charge in [0.25, 0.3) is 5.91 Å². The fraction of sp³-hybridized carbons (Fsp3) is 0.429. The van der Waals surface area contributed by atoms with Crippen molar-refractivity contribution in [1.29, 1.82) is 0 Å². The van der Waals surface area contributed by atoms with Crippen LogP contribution in [0.2, 0.25) is 0 Å². The second-order valence-electron chi connectivity index (χ2n) is 7.55. The lowest BCUT2D eigenvalue weighted by molar-refractivity contribution is 0.0866. The van der Waals surface area contributed by atoms with Crippen LogP contribution in [0.15, 0.2) is 36.8 Å². The third-order valence-electron chi connectivity index (χ3n) is 5.59. The molecule has 0 radical (unpaired) electrons. The van der Waals surface area contributed by atoms with Crippen molar-refractivity contribution in [3.8, 4) is 11.8 Å². The summed E-state index contributed by atoms with van der Waals surface area (Å²) in [7, 11) is 0. The number of hydrogen-bond acceptors (Lipinski definition) is 4. The quantitative estimate of drug-likeness (QED) is 0.849. The van der Waals surface area contributed by atoms with Gasteiger partial charge in [-0.05, 0) is 63.5 Å². The van der Waals surface area contributed by atoms with E-state index in [1.807, 2.05) is 25.1 Å². The Morgan fingerprint density at radius 2 is 2.12 bits per heavy atom. The number of carbonyl (C=O) groups is 1. The third-order valence-corrected chi connectivity index (χ3v) is 5.59. The van der Waals surface area contributed by atoms with Gasteiger partial charge in [-0.25, -0.2) is 9.97 Å². The molecule has 2 aliphatic carbocycles. The maximum atomic E-state index is 12.6. The zero-order valence-electron chi connectivity index (χ0n) is 15.0. The van der Waals surface area contributed by atoms with E-state index in [9.17, 15) is 4.79 Å². The predicted molar refractivity (Wildman–Crippen MR) is 98.2 cm³/mol. The van der Waals surface area contributed by atoms with Crippen molar-refractivity contribution in [3.63, 3.8) is 0 Å². The number of rotatable bonds is 2. The molecule has 2 bridgehead atoms. The molecule has 2 aromatic heterocycles. The average Bonchev–Trinajstić information content (AvgIpc) is 2.91. The van der Waals surface area contributed by atoms with Gasteiger partial charge in [0.1, 0.15) is 11.4 Å². The number of pyridine rings is 1. The Bertz CT molecular complexity index is 886. The summed E-state index contributed by atoms with van der Waals surface area (Å²) in [6, 6.07) is 5.93. The molecule has 0 aliphatic heterocycles. The molecule has 2 heterocycles. The van der Waals surface area contributed by atoms with Crippen LogP contribution in [0.1, 0.15) is 60.4 Å². The molecule has 2 saturated carbocycles. The lowest BCUT2D eigenvalue weighted by Crippen LogP contribution is -2.49. The summed E-state index contributed by atoms with van der Waals surface area (Å²) in [6.45, 7) is 1.98. The summed E-state index contributed by atoms with van der Waals surface area (Å²) in [5, 5.41) is 3.25. The molecule has 2 atom stereocenters. The van der Waals surface area contributed by atoms with Crippen LogP contribution in [0.25, 0.3) is 0 Å². The van der Waals surface area contributed by atoms with Gasteiger partial charge in [0.2, 0.25) is 0 Å². The van der Waals surface area contributed by atoms with E-state index in [2.05, 4.69) is 32.1 Å². The largest absolute Gasteiger partial charge is 0.345 e. The molecule has 2 fully saturated rings. The van der Waals surface area contributed by atoms with Crippen molar-refractivity contribution in [2.24, 2.45) is 5.41 Å². The first-order valence-electron chi connectivity index (χ1n) is 9.14. The van der Waals surface area contributed by atoms with Gasteiger partial charge in [0.15, 0.2) is 0 Å². The highest BCUT2D eigenvalue weighted by Gasteiger charge is 2.51. The summed E-state index contributed by atoms with van der Waals surface area (Å²) in [4.78, 5) is 25.1. The van der Waals surface area contributed by atoms with Gasteiger partial charge in [-0.3, -0.25) is 9.78 Å². The number of fused-ring (bicyclic) bond motifs is 2. The first-order chi connectivity index (χ1) is 12.6. The van der Waals surface area contributed by atoms with Gasteiger partial charge in [0.05, 0.1) is 6.20 Å². The number of nitrogens with zero attached hydrogens (tertiary/aromatic N) is 3. The molecule has 0 spiro atoms. The summed E-state index contributed by atoms with van der Waals surface area (Å²) >= 11 is 0. The number of carbonyl (C=O) groups excluding carboxylic acids is 1. The van der Waals surface area contributed by atoms with Gasteiger partial charge in [-0.15, -0.1) is 0 Å². The van der Waals surface area contributed by atoms with E-state index < -0.39 is 0 Å². The molecule has 4 rings (SSSR count). The first kappa shape index (κ1) is 16.7. The number of aromatic nitrogens is 3. The van der Waals surface area contributed by atoms with Gasteiger partial charge in [-0.2, -0.15) is 0 Å². The van der Waals surface area contributed by atoms with E-state index in [0.29, 0.717) is 5.69 Å². The fourth-order valence-electron chi connectivity index (χ4n) is 4.36. The van der Waals surface area contributed by atoms with Crippen molar-refractivity contribution in [2.45, 2.75) is 51.0 Å². The van der Waals surface area contributed by atoms with Crippen molar-refractivity contribution in [3.05, 3.63) is 53.9 Å². The van der Waals surface area contributed by atoms with Gasteiger partial charge < -0.3 is 5.32 Å². The topological polar surface area (TPSA) is 67.8 Å². The number of hydrogen-bond donors (Lipinski definition) is 1. The average molecular weight is 346 g/mol. The van der Waals surface area contributed by atoms with E-state index in [0.717, 1.165) is 49.9 Å². The third kappa shape index (κ3) is 3.32. The van der Waals surface area contributed by atoms with Crippen LogP contribution in [0.5, 0.6) is 0 Å². The zero-order valence-corrected chi connectivity index (χ0v) is 15.0. The molecule has 5 nitrogen and oxygen atoms in total. The van der Waals surface area contributed by atoms with E-state index in [1.165, 1.54) is 6.20 Å². The monoisotopic (exact) mass is 346 g/mol. The molecule has 0 aromatic carbocycles. The van der Waals surface area contributed by atoms with Crippen LogP contribution in [0.4, 0.5) is 0 Å². The lowest BCUT2D eigenvalue weighted by Gasteiger charge is -2.37. The summed E-state index contributed by atoms with van der Waals surface area (Å²) in [5.74, 6) is 6.66. The Labute approximate surface area is 153 Å². The van der Waals surface area contributed by atoms with Gasteiger partial charge in [-0.1, -0.05) is 12.0 Å². The maximum absolute atomic E-state index is 12.6. The number of aryl methyl sites for hydroxylation is 1. The van der Waals surface area contributed by atoms with E-state index in [4.69, 9.17) is 0 Å². The van der Waals surface area contributed by atoms with E-state index >= 15 is 0 Å². The Kier molecular flexibility index (Phi) is 4.20. The molecule has 2 aliphatic rings. The predicted octanol–water partition coefficient (Wildman–Crippen LogP) is 3.05. The molecular formula is C21H22N4O. The zero-order chi connectivity index (χ0) is 18.0. The molecule has 5 heteroatoms. The summed E-state index contributed by atoms with van der Waals surface area (Å²) in [6.07, 6.45) is 10.7. The number of amides is 1. The summed E-state index contributed by atoms with van der Waals surface area (Å²) in [5.41, 5.74) is 2.00. The van der Waals surface area contributed by atoms with Crippen LogP contribution < -0.4 is 5.32 Å². The first-order valence-corrected chi connectivity index (χ1v) is 9.14. The molecule has 1 N–H and O–H groups in total. The van der Waals surface area contributed by atoms with Crippen molar-refractivity contribution < 1.29 is 4.79 Å². The second kappa shape index (κ2) is 6.53. The van der Waals surface area contributed by atoms with Crippen LogP contribution in [0, 0.1) is 24.2 Å². The SMILES string of the molecule is Cc1cccc(C#C[C@@]23CCC[C@@](NC(=O)c4cnccn4)(CC2)C3)n1. The Morgan fingerprint density at radius 3 is 2.92 bits per heavy atom. The standard InChI is InChI=1S/C21H22N4O/c1-16-4-2-5-17(24-16)6-9-20-7-3-8-21(15-20,11-10-20)25-19(26)18-14-22-12-13-23-18/h2,4-5,12-14H,3,7-8,10-11,15H2,1H3,(H,25,26)/t20-,21+/m0/s1. The van der Waals surface area contributed by atoms with E-state index in [-0.39, 0.29) is 16.9 Å². The minimum Gasteiger partial charge on any atom is -0.345 e. The Balaban J connectivity index is 1.52. The summed E-state index contributed by atoms with van der Waals surface area (Å²) < 4.78 is 0. The lowest BCUT2D eigenvalue weighted by atomic mass is 9.73. The van der Waals surface area contributed by atoms with Crippen LogP contribution in [0.3, 0.4) is 0 Å². The second-order valence-corrected chi connectivity index (χ2v) is 7.55. The molecule has 2 aromatic rings. The molecule has 0 saturated heterocycles. The van der Waals surface area contributed by atoms with Crippen molar-refractivity contribution >= 4 is 5.91 Å². The molecule has 26 heavy (non-hydrogen) atoms. The normalized spacial score (nSPS) is 26.7. The minimum absolute atomic E-state index is 0.0146. The molecular weight excluding hydrogens is 324 g/mol. The highest BCUT2D eigenvalue weighted by Crippen LogP contribution is 2.53. The van der Waals surface area contributed by atoms with Crippen LogP contribution in [-0.2, 0) is 0 Å². The van der Waals surface area contributed by atoms with Crippen LogP contribution >= 0.6 is 0 Å². The van der Waals surface area contributed by atoms with Gasteiger partial charge in [0, 0.05) is 29.0 Å². The number of nitrogens with one attached hydrogen (secondary N) is 1. The molecule has 0 unspecified atom stereocenters. The van der Waals surface area contributed by atoms with Crippen molar-refractivity contribution in [2.75, 3.05) is 0 Å². The Morgan fingerprint density at radius 1 is 1.19 bits per heavy atom. The van der Waals surface area contributed by atoms with Crippen molar-refractivity contribution in [1.82, 2.24) is 20.3 Å². The van der Waals surface area contributed by atoms with E-state index in [1.54, 1.807) is 12.4 Å². The highest BCUT2D eigenvalue weighted by atomic mass is 16.2.